The van der Waals surface area contributed by atoms with E-state index >= 15 is 0 Å². The van der Waals surface area contributed by atoms with Gasteiger partial charge in [-0.1, -0.05) is 18.2 Å². The number of likely N-dealkylation sites (N-methyl/N-ethyl adjacent to an activating group) is 1. The van der Waals surface area contributed by atoms with Crippen LogP contribution in [-0.2, 0) is 10.2 Å². The highest BCUT2D eigenvalue weighted by Crippen LogP contribution is 2.31. The predicted molar refractivity (Wildman–Crippen MR) is 77.6 cm³/mol. The maximum Gasteiger partial charge on any atom is 0.230 e. The van der Waals surface area contributed by atoms with Crippen LogP contribution in [0.15, 0.2) is 24.3 Å². The maximum absolute atomic E-state index is 12.3. The Morgan fingerprint density at radius 1 is 1.32 bits per heavy atom. The van der Waals surface area contributed by atoms with Crippen molar-refractivity contribution in [1.82, 2.24) is 10.2 Å². The number of nitrogens with one attached hydrogen (secondary N) is 1. The second-order valence-electron chi connectivity index (χ2n) is 5.38. The Hall–Kier alpha value is -1.55. The van der Waals surface area contributed by atoms with E-state index in [2.05, 4.69) is 5.32 Å². The number of carbonyl (C=O) groups excluding carboxylic acids is 1. The van der Waals surface area contributed by atoms with E-state index in [1.807, 2.05) is 57.1 Å². The van der Waals surface area contributed by atoms with Crippen molar-refractivity contribution >= 4 is 5.91 Å². The van der Waals surface area contributed by atoms with Crippen molar-refractivity contribution in [2.24, 2.45) is 0 Å². The van der Waals surface area contributed by atoms with Gasteiger partial charge in [-0.05, 0) is 34.0 Å². The summed E-state index contributed by atoms with van der Waals surface area (Å²) in [5.41, 5.74) is 0.290. The van der Waals surface area contributed by atoms with Crippen molar-refractivity contribution in [2.75, 3.05) is 34.3 Å². The van der Waals surface area contributed by atoms with Crippen LogP contribution in [0.1, 0.15) is 19.4 Å². The third-order valence-electron chi connectivity index (χ3n) is 3.19. The fraction of sp³-hybridized carbons (Fsp3) is 0.533. The van der Waals surface area contributed by atoms with Crippen molar-refractivity contribution in [3.8, 4) is 5.75 Å². The van der Waals surface area contributed by atoms with Crippen LogP contribution >= 0.6 is 0 Å². The largest absolute Gasteiger partial charge is 0.496 e. The lowest BCUT2D eigenvalue weighted by Crippen LogP contribution is -2.42. The molecule has 0 fully saturated rings. The molecule has 0 spiro atoms. The topological polar surface area (TPSA) is 41.6 Å². The molecule has 0 aliphatic rings. The molecule has 0 radical (unpaired) electrons. The minimum Gasteiger partial charge on any atom is -0.496 e. The lowest BCUT2D eigenvalue weighted by molar-refractivity contribution is -0.125. The van der Waals surface area contributed by atoms with Crippen LogP contribution in [0.3, 0.4) is 0 Å². The Bertz CT molecular complexity index is 428. The number of rotatable bonds is 6. The molecular weight excluding hydrogens is 240 g/mol. The number of methoxy groups -OCH3 is 1. The smallest absolute Gasteiger partial charge is 0.230 e. The molecule has 1 amide bonds. The fourth-order valence-corrected chi connectivity index (χ4v) is 1.90. The lowest BCUT2D eigenvalue weighted by atomic mass is 9.83. The number of hydrogen-bond donors (Lipinski definition) is 1. The van der Waals surface area contributed by atoms with Crippen molar-refractivity contribution < 1.29 is 9.53 Å². The molecule has 0 unspecified atom stereocenters. The summed E-state index contributed by atoms with van der Waals surface area (Å²) in [7, 11) is 5.59. The molecule has 1 aromatic carbocycles. The van der Waals surface area contributed by atoms with Crippen molar-refractivity contribution in [3.05, 3.63) is 29.8 Å². The first-order valence-corrected chi connectivity index (χ1v) is 6.46. The highest BCUT2D eigenvalue weighted by Gasteiger charge is 2.32. The van der Waals surface area contributed by atoms with Crippen LogP contribution in [0.5, 0.6) is 5.75 Å². The van der Waals surface area contributed by atoms with Crippen LogP contribution in [-0.4, -0.2) is 45.1 Å². The molecule has 0 atom stereocenters. The Labute approximate surface area is 115 Å². The summed E-state index contributed by atoms with van der Waals surface area (Å²) in [6, 6.07) is 7.64. The quantitative estimate of drug-likeness (QED) is 0.849. The molecule has 0 aliphatic carbocycles. The van der Waals surface area contributed by atoms with E-state index in [0.29, 0.717) is 6.54 Å². The van der Waals surface area contributed by atoms with E-state index in [4.69, 9.17) is 4.74 Å². The minimum absolute atomic E-state index is 0.0128. The number of benzene rings is 1. The second-order valence-corrected chi connectivity index (χ2v) is 5.38. The normalized spacial score (nSPS) is 11.5. The standard InChI is InChI=1S/C15H24N2O2/c1-15(2,14(18)16-10-11-17(3)4)12-8-6-7-9-13(12)19-5/h6-9H,10-11H2,1-5H3,(H,16,18). The zero-order valence-corrected chi connectivity index (χ0v) is 12.5. The zero-order chi connectivity index (χ0) is 14.5. The highest BCUT2D eigenvalue weighted by molar-refractivity contribution is 5.88. The number of para-hydroxylation sites is 1. The third-order valence-corrected chi connectivity index (χ3v) is 3.19. The average molecular weight is 264 g/mol. The summed E-state index contributed by atoms with van der Waals surface area (Å²) in [4.78, 5) is 14.4. The maximum atomic E-state index is 12.3. The molecular formula is C15H24N2O2. The van der Waals surface area contributed by atoms with Crippen molar-refractivity contribution in [2.45, 2.75) is 19.3 Å². The van der Waals surface area contributed by atoms with Gasteiger partial charge in [0.25, 0.3) is 0 Å². The summed E-state index contributed by atoms with van der Waals surface area (Å²) in [6.45, 7) is 5.30. The van der Waals surface area contributed by atoms with E-state index in [-0.39, 0.29) is 5.91 Å². The van der Waals surface area contributed by atoms with Gasteiger partial charge in [-0.3, -0.25) is 4.79 Å². The van der Waals surface area contributed by atoms with Gasteiger partial charge in [0.05, 0.1) is 12.5 Å². The molecule has 1 rings (SSSR count). The number of nitrogens with zero attached hydrogens (tertiary/aromatic N) is 1. The summed E-state index contributed by atoms with van der Waals surface area (Å²) in [5, 5.41) is 2.97. The Morgan fingerprint density at radius 2 is 1.95 bits per heavy atom. The third kappa shape index (κ3) is 3.96. The van der Waals surface area contributed by atoms with Gasteiger partial charge in [-0.15, -0.1) is 0 Å². The predicted octanol–water partition coefficient (Wildman–Crippen LogP) is 1.65. The molecule has 1 aromatic rings. The Balaban J connectivity index is 2.81. The lowest BCUT2D eigenvalue weighted by Gasteiger charge is -2.26. The molecule has 0 aromatic heterocycles. The van der Waals surface area contributed by atoms with E-state index < -0.39 is 5.41 Å². The number of ether oxygens (including phenoxy) is 1. The summed E-state index contributed by atoms with van der Waals surface area (Å²) >= 11 is 0. The molecule has 4 heteroatoms. The first-order valence-electron chi connectivity index (χ1n) is 6.46. The van der Waals surface area contributed by atoms with Gasteiger partial charge in [-0.2, -0.15) is 0 Å². The Morgan fingerprint density at radius 3 is 2.53 bits per heavy atom. The van der Waals surface area contributed by atoms with Crippen LogP contribution in [0, 0.1) is 0 Å². The number of carbonyl (C=O) groups is 1. The van der Waals surface area contributed by atoms with Crippen molar-refractivity contribution in [3.63, 3.8) is 0 Å². The molecule has 4 nitrogen and oxygen atoms in total. The fourth-order valence-electron chi connectivity index (χ4n) is 1.90. The second kappa shape index (κ2) is 6.57. The van der Waals surface area contributed by atoms with Crippen molar-refractivity contribution in [1.29, 1.82) is 0 Å². The summed E-state index contributed by atoms with van der Waals surface area (Å²) in [6.07, 6.45) is 0. The zero-order valence-electron chi connectivity index (χ0n) is 12.5. The molecule has 106 valence electrons. The van der Waals surface area contributed by atoms with Crippen LogP contribution in [0.2, 0.25) is 0 Å². The minimum atomic E-state index is -0.612. The molecule has 1 N–H and O–H groups in total. The summed E-state index contributed by atoms with van der Waals surface area (Å²) in [5.74, 6) is 0.758. The van der Waals surface area contributed by atoms with Crippen LogP contribution in [0.4, 0.5) is 0 Å². The van der Waals surface area contributed by atoms with Gasteiger partial charge < -0.3 is 15.0 Å². The molecule has 0 heterocycles. The molecule has 0 saturated heterocycles. The number of hydrogen-bond acceptors (Lipinski definition) is 3. The van der Waals surface area contributed by atoms with Gasteiger partial charge in [0.2, 0.25) is 5.91 Å². The van der Waals surface area contributed by atoms with E-state index in [1.165, 1.54) is 0 Å². The first kappa shape index (κ1) is 15.5. The monoisotopic (exact) mass is 264 g/mol. The van der Waals surface area contributed by atoms with Gasteiger partial charge in [0.15, 0.2) is 0 Å². The van der Waals surface area contributed by atoms with E-state index in [9.17, 15) is 4.79 Å². The molecule has 0 bridgehead atoms. The van der Waals surface area contributed by atoms with Crippen LogP contribution in [0.25, 0.3) is 0 Å². The highest BCUT2D eigenvalue weighted by atomic mass is 16.5. The SMILES string of the molecule is COc1ccccc1C(C)(C)C(=O)NCCN(C)C. The van der Waals surface area contributed by atoms with E-state index in [0.717, 1.165) is 17.9 Å². The first-order chi connectivity index (χ1) is 8.89. The summed E-state index contributed by atoms with van der Waals surface area (Å²) < 4.78 is 5.34. The average Bonchev–Trinajstić information content (AvgIpc) is 2.38. The van der Waals surface area contributed by atoms with Gasteiger partial charge in [0.1, 0.15) is 5.75 Å². The molecule has 0 saturated carbocycles. The Kier molecular flexibility index (Phi) is 5.36. The molecule has 0 aliphatic heterocycles. The van der Waals surface area contributed by atoms with Gasteiger partial charge >= 0.3 is 0 Å². The van der Waals surface area contributed by atoms with Crippen LogP contribution < -0.4 is 10.1 Å². The van der Waals surface area contributed by atoms with E-state index in [1.54, 1.807) is 7.11 Å². The van der Waals surface area contributed by atoms with Gasteiger partial charge in [-0.25, -0.2) is 0 Å². The van der Waals surface area contributed by atoms with Gasteiger partial charge in [0, 0.05) is 18.7 Å². The molecule has 19 heavy (non-hydrogen) atoms. The number of amides is 1.